The molecule has 4 heteroatoms. The van der Waals surface area contributed by atoms with Gasteiger partial charge in [-0.3, -0.25) is 4.79 Å². The van der Waals surface area contributed by atoms with Crippen molar-refractivity contribution in [2.75, 3.05) is 32.7 Å². The van der Waals surface area contributed by atoms with Crippen molar-refractivity contribution in [3.63, 3.8) is 0 Å². The number of carbonyl (C=O) groups excluding carboxylic acids is 1. The van der Waals surface area contributed by atoms with Gasteiger partial charge in [0, 0.05) is 19.6 Å². The minimum absolute atomic E-state index is 0.0712. The Morgan fingerprint density at radius 2 is 1.82 bits per heavy atom. The first-order valence-electron chi connectivity index (χ1n) is 9.55. The summed E-state index contributed by atoms with van der Waals surface area (Å²) in [7, 11) is 0. The topological polar surface area (TPSA) is 44.4 Å². The molecule has 3 aliphatic rings. The van der Waals surface area contributed by atoms with Crippen molar-refractivity contribution in [2.24, 2.45) is 11.8 Å². The zero-order valence-electron chi connectivity index (χ0n) is 14.0. The van der Waals surface area contributed by atoms with Gasteiger partial charge >= 0.3 is 0 Å². The Hall–Kier alpha value is -0.610. The minimum Gasteiger partial charge on any atom is -0.354 e. The molecule has 0 aromatic heterocycles. The summed E-state index contributed by atoms with van der Waals surface area (Å²) in [5, 5.41) is 6.47. The molecule has 2 heterocycles. The molecule has 1 unspecified atom stereocenters. The number of hydrogen-bond acceptors (Lipinski definition) is 3. The highest BCUT2D eigenvalue weighted by Gasteiger charge is 2.26. The van der Waals surface area contributed by atoms with Gasteiger partial charge in [-0.15, -0.1) is 0 Å². The van der Waals surface area contributed by atoms with Crippen LogP contribution in [-0.4, -0.2) is 49.6 Å². The molecule has 0 bridgehead atoms. The van der Waals surface area contributed by atoms with Crippen LogP contribution in [0.15, 0.2) is 0 Å². The van der Waals surface area contributed by atoms with Crippen LogP contribution in [0.3, 0.4) is 0 Å². The maximum Gasteiger partial charge on any atom is 0.237 e. The van der Waals surface area contributed by atoms with E-state index in [0.29, 0.717) is 5.92 Å². The Morgan fingerprint density at radius 3 is 2.59 bits per heavy atom. The van der Waals surface area contributed by atoms with Crippen LogP contribution < -0.4 is 10.6 Å². The molecule has 1 amide bonds. The molecule has 0 aromatic rings. The second kappa shape index (κ2) is 8.30. The van der Waals surface area contributed by atoms with Gasteiger partial charge in [0.15, 0.2) is 0 Å². The molecule has 0 spiro atoms. The Balaban J connectivity index is 1.37. The molecule has 3 rings (SSSR count). The summed E-state index contributed by atoms with van der Waals surface area (Å²) < 4.78 is 0. The Bertz CT molecular complexity index is 348. The van der Waals surface area contributed by atoms with Crippen molar-refractivity contribution in [1.82, 2.24) is 15.5 Å². The summed E-state index contributed by atoms with van der Waals surface area (Å²) >= 11 is 0. The molecule has 2 aliphatic heterocycles. The molecule has 126 valence electrons. The monoisotopic (exact) mass is 307 g/mol. The van der Waals surface area contributed by atoms with Crippen molar-refractivity contribution in [1.29, 1.82) is 0 Å². The van der Waals surface area contributed by atoms with Gasteiger partial charge in [0.05, 0.1) is 6.04 Å². The van der Waals surface area contributed by atoms with Crippen LogP contribution >= 0.6 is 0 Å². The highest BCUT2D eigenvalue weighted by molar-refractivity contribution is 5.81. The van der Waals surface area contributed by atoms with Gasteiger partial charge in [0.1, 0.15) is 0 Å². The standard InChI is InChI=1S/C18H33N3O/c22-18(17-9-4-10-19-17)20-12-16-8-5-11-21(14-16)13-15-6-2-1-3-7-15/h15-17,19H,1-14H2,(H,20,22)/t16-,17?/m1/s1. The van der Waals surface area contributed by atoms with E-state index in [1.165, 1.54) is 64.6 Å². The highest BCUT2D eigenvalue weighted by Crippen LogP contribution is 2.26. The van der Waals surface area contributed by atoms with Crippen LogP contribution in [0.1, 0.15) is 57.8 Å². The Morgan fingerprint density at radius 1 is 1.00 bits per heavy atom. The van der Waals surface area contributed by atoms with Gasteiger partial charge in [0.2, 0.25) is 5.91 Å². The lowest BCUT2D eigenvalue weighted by Gasteiger charge is -2.36. The van der Waals surface area contributed by atoms with E-state index >= 15 is 0 Å². The Labute approximate surface area is 135 Å². The molecule has 0 aromatic carbocycles. The van der Waals surface area contributed by atoms with Crippen molar-refractivity contribution in [3.05, 3.63) is 0 Å². The predicted molar refractivity (Wildman–Crippen MR) is 89.8 cm³/mol. The third kappa shape index (κ3) is 4.69. The summed E-state index contributed by atoms with van der Waals surface area (Å²) in [6, 6.07) is 0.0712. The molecule has 1 aliphatic carbocycles. The van der Waals surface area contributed by atoms with E-state index in [1.54, 1.807) is 0 Å². The summed E-state index contributed by atoms with van der Waals surface area (Å²) in [6.07, 6.45) is 11.9. The lowest BCUT2D eigenvalue weighted by atomic mass is 9.88. The summed E-state index contributed by atoms with van der Waals surface area (Å²) in [4.78, 5) is 14.8. The molecular formula is C18H33N3O. The quantitative estimate of drug-likeness (QED) is 0.818. The Kier molecular flexibility index (Phi) is 6.13. The molecule has 2 N–H and O–H groups in total. The van der Waals surface area contributed by atoms with Crippen molar-refractivity contribution >= 4 is 5.91 Å². The second-order valence-electron chi connectivity index (χ2n) is 7.67. The summed E-state index contributed by atoms with van der Waals surface area (Å²) in [5.41, 5.74) is 0. The number of hydrogen-bond donors (Lipinski definition) is 2. The fraction of sp³-hybridized carbons (Fsp3) is 0.944. The van der Waals surface area contributed by atoms with Crippen LogP contribution in [0, 0.1) is 11.8 Å². The van der Waals surface area contributed by atoms with Crippen LogP contribution in [0.4, 0.5) is 0 Å². The van der Waals surface area contributed by atoms with E-state index in [1.807, 2.05) is 0 Å². The number of carbonyl (C=O) groups is 1. The van der Waals surface area contributed by atoms with Gasteiger partial charge in [-0.2, -0.15) is 0 Å². The molecule has 22 heavy (non-hydrogen) atoms. The minimum atomic E-state index is 0.0712. The van der Waals surface area contributed by atoms with E-state index in [4.69, 9.17) is 0 Å². The van der Waals surface area contributed by atoms with Crippen molar-refractivity contribution in [2.45, 2.75) is 63.8 Å². The van der Waals surface area contributed by atoms with E-state index in [0.717, 1.165) is 31.8 Å². The lowest BCUT2D eigenvalue weighted by Crippen LogP contribution is -2.46. The summed E-state index contributed by atoms with van der Waals surface area (Å²) in [6.45, 7) is 5.63. The number of likely N-dealkylation sites (tertiary alicyclic amines) is 1. The molecule has 1 saturated carbocycles. The van der Waals surface area contributed by atoms with Crippen LogP contribution in [0.25, 0.3) is 0 Å². The maximum absolute atomic E-state index is 12.1. The maximum atomic E-state index is 12.1. The van der Waals surface area contributed by atoms with Gasteiger partial charge in [-0.05, 0) is 63.5 Å². The number of rotatable bonds is 5. The number of nitrogens with one attached hydrogen (secondary N) is 2. The number of nitrogens with zero attached hydrogens (tertiary/aromatic N) is 1. The molecule has 3 fully saturated rings. The van der Waals surface area contributed by atoms with E-state index in [-0.39, 0.29) is 11.9 Å². The molecular weight excluding hydrogens is 274 g/mol. The molecule has 0 radical (unpaired) electrons. The zero-order chi connectivity index (χ0) is 15.2. The van der Waals surface area contributed by atoms with Gasteiger partial charge in [0.25, 0.3) is 0 Å². The first-order valence-corrected chi connectivity index (χ1v) is 9.55. The average molecular weight is 307 g/mol. The highest BCUT2D eigenvalue weighted by atomic mass is 16.2. The molecule has 4 nitrogen and oxygen atoms in total. The van der Waals surface area contributed by atoms with E-state index in [9.17, 15) is 4.79 Å². The molecule has 2 atom stereocenters. The van der Waals surface area contributed by atoms with Crippen LogP contribution in [-0.2, 0) is 4.79 Å². The number of piperidine rings is 1. The zero-order valence-corrected chi connectivity index (χ0v) is 14.0. The fourth-order valence-electron chi connectivity index (χ4n) is 4.50. The third-order valence-corrected chi connectivity index (χ3v) is 5.79. The van der Waals surface area contributed by atoms with Crippen LogP contribution in [0.5, 0.6) is 0 Å². The van der Waals surface area contributed by atoms with Crippen molar-refractivity contribution < 1.29 is 4.79 Å². The predicted octanol–water partition coefficient (Wildman–Crippen LogP) is 2.15. The SMILES string of the molecule is O=C(NC[C@H]1CCCN(CC2CCCCC2)C1)C1CCCN1. The second-order valence-corrected chi connectivity index (χ2v) is 7.67. The van der Waals surface area contributed by atoms with Gasteiger partial charge in [-0.1, -0.05) is 19.3 Å². The molecule has 2 saturated heterocycles. The third-order valence-electron chi connectivity index (χ3n) is 5.79. The first kappa shape index (κ1) is 16.3. The lowest BCUT2D eigenvalue weighted by molar-refractivity contribution is -0.123. The fourth-order valence-corrected chi connectivity index (χ4v) is 4.50. The van der Waals surface area contributed by atoms with Crippen LogP contribution in [0.2, 0.25) is 0 Å². The largest absolute Gasteiger partial charge is 0.354 e. The normalized spacial score (nSPS) is 31.3. The van der Waals surface area contributed by atoms with E-state index in [2.05, 4.69) is 15.5 Å². The van der Waals surface area contributed by atoms with E-state index < -0.39 is 0 Å². The van der Waals surface area contributed by atoms with Gasteiger partial charge < -0.3 is 15.5 Å². The first-order chi connectivity index (χ1) is 10.8. The summed E-state index contributed by atoms with van der Waals surface area (Å²) in [5.74, 6) is 1.81. The van der Waals surface area contributed by atoms with Gasteiger partial charge in [-0.25, -0.2) is 0 Å². The smallest absolute Gasteiger partial charge is 0.237 e. The average Bonchev–Trinajstić information content (AvgIpc) is 3.08. The number of amides is 1. The van der Waals surface area contributed by atoms with Crippen molar-refractivity contribution in [3.8, 4) is 0 Å².